The van der Waals surface area contributed by atoms with Gasteiger partial charge in [0.1, 0.15) is 12.3 Å². The van der Waals surface area contributed by atoms with E-state index in [1.807, 2.05) is 0 Å². The summed E-state index contributed by atoms with van der Waals surface area (Å²) in [6.45, 7) is -0.291. The van der Waals surface area contributed by atoms with Crippen LogP contribution in [-0.4, -0.2) is 16.1 Å². The number of rotatable bonds is 4. The van der Waals surface area contributed by atoms with Gasteiger partial charge in [-0.15, -0.1) is 0 Å². The molecular weight excluding hydrogens is 306 g/mol. The molecule has 1 aromatic heterocycles. The van der Waals surface area contributed by atoms with E-state index < -0.39 is 29.3 Å². The van der Waals surface area contributed by atoms with Crippen LogP contribution in [0, 0.1) is 5.82 Å². The van der Waals surface area contributed by atoms with Crippen molar-refractivity contribution in [1.82, 2.24) is 4.98 Å². The van der Waals surface area contributed by atoms with Gasteiger partial charge in [0.05, 0.1) is 5.56 Å². The standard InChI is InChI=1S/C14H9F4NO3/c15-10-2-1-9(14(16,17)18)6-12(10)22-7-8-3-4-19-11(5-8)13(20)21/h1-6H,7H2,(H,20,21). The fraction of sp³-hybridized carbons (Fsp3) is 0.143. The average Bonchev–Trinajstić information content (AvgIpc) is 2.45. The Hall–Kier alpha value is -2.64. The Labute approximate surface area is 122 Å². The highest BCUT2D eigenvalue weighted by Gasteiger charge is 2.31. The van der Waals surface area contributed by atoms with E-state index in [9.17, 15) is 22.4 Å². The molecule has 8 heteroatoms. The summed E-state index contributed by atoms with van der Waals surface area (Å²) < 4.78 is 56.1. The SMILES string of the molecule is O=C(O)c1cc(COc2cc(C(F)(F)F)ccc2F)ccn1. The monoisotopic (exact) mass is 315 g/mol. The number of aromatic carboxylic acids is 1. The van der Waals surface area contributed by atoms with E-state index in [4.69, 9.17) is 9.84 Å². The molecule has 22 heavy (non-hydrogen) atoms. The Bertz CT molecular complexity index is 701. The number of benzene rings is 1. The highest BCUT2D eigenvalue weighted by molar-refractivity contribution is 5.85. The van der Waals surface area contributed by atoms with Crippen LogP contribution in [0.25, 0.3) is 0 Å². The Balaban J connectivity index is 2.18. The largest absolute Gasteiger partial charge is 0.486 e. The summed E-state index contributed by atoms with van der Waals surface area (Å²) >= 11 is 0. The highest BCUT2D eigenvalue weighted by Crippen LogP contribution is 2.32. The summed E-state index contributed by atoms with van der Waals surface area (Å²) in [5, 5.41) is 8.78. The normalized spacial score (nSPS) is 11.3. The van der Waals surface area contributed by atoms with Crippen LogP contribution in [0.4, 0.5) is 17.6 Å². The number of alkyl halides is 3. The second-order valence-corrected chi connectivity index (χ2v) is 4.29. The number of carboxylic acids is 1. The van der Waals surface area contributed by atoms with Crippen LogP contribution in [0.3, 0.4) is 0 Å². The van der Waals surface area contributed by atoms with E-state index in [1.165, 1.54) is 18.3 Å². The molecule has 116 valence electrons. The van der Waals surface area contributed by atoms with Crippen molar-refractivity contribution in [3.05, 3.63) is 59.2 Å². The van der Waals surface area contributed by atoms with Crippen LogP contribution < -0.4 is 4.74 Å². The molecule has 1 aromatic carbocycles. The van der Waals surface area contributed by atoms with E-state index in [1.54, 1.807) is 0 Å². The van der Waals surface area contributed by atoms with Crippen molar-refractivity contribution in [2.75, 3.05) is 0 Å². The Kier molecular flexibility index (Phi) is 4.30. The number of ether oxygens (including phenoxy) is 1. The zero-order valence-electron chi connectivity index (χ0n) is 10.9. The van der Waals surface area contributed by atoms with Gasteiger partial charge in [0, 0.05) is 6.20 Å². The van der Waals surface area contributed by atoms with E-state index in [0.717, 1.165) is 0 Å². The van der Waals surface area contributed by atoms with Gasteiger partial charge in [0.25, 0.3) is 0 Å². The first-order valence-electron chi connectivity index (χ1n) is 5.95. The fourth-order valence-corrected chi connectivity index (χ4v) is 1.63. The summed E-state index contributed by atoms with van der Waals surface area (Å²) in [6.07, 6.45) is -3.40. The number of carboxylic acid groups (broad SMARTS) is 1. The summed E-state index contributed by atoms with van der Waals surface area (Å²) in [5.41, 5.74) is -0.945. The smallest absolute Gasteiger partial charge is 0.416 e. The molecule has 0 aliphatic rings. The predicted octanol–water partition coefficient (Wildman–Crippen LogP) is 3.52. The topological polar surface area (TPSA) is 59.4 Å². The van der Waals surface area contributed by atoms with Gasteiger partial charge in [-0.3, -0.25) is 0 Å². The molecule has 2 aromatic rings. The Morgan fingerprint density at radius 2 is 1.95 bits per heavy atom. The second-order valence-electron chi connectivity index (χ2n) is 4.29. The first-order chi connectivity index (χ1) is 10.3. The molecule has 0 unspecified atom stereocenters. The minimum Gasteiger partial charge on any atom is -0.486 e. The van der Waals surface area contributed by atoms with Gasteiger partial charge in [-0.1, -0.05) is 0 Å². The molecule has 2 rings (SSSR count). The van der Waals surface area contributed by atoms with Crippen LogP contribution in [0.2, 0.25) is 0 Å². The van der Waals surface area contributed by atoms with Gasteiger partial charge in [-0.25, -0.2) is 14.2 Å². The Morgan fingerprint density at radius 3 is 2.59 bits per heavy atom. The molecule has 0 atom stereocenters. The average molecular weight is 315 g/mol. The lowest BCUT2D eigenvalue weighted by molar-refractivity contribution is -0.137. The van der Waals surface area contributed by atoms with Crippen molar-refractivity contribution >= 4 is 5.97 Å². The molecular formula is C14H9F4NO3. The Morgan fingerprint density at radius 1 is 1.23 bits per heavy atom. The van der Waals surface area contributed by atoms with E-state index in [-0.39, 0.29) is 12.3 Å². The number of hydrogen-bond acceptors (Lipinski definition) is 3. The highest BCUT2D eigenvalue weighted by atomic mass is 19.4. The zero-order valence-corrected chi connectivity index (χ0v) is 10.9. The van der Waals surface area contributed by atoms with Gasteiger partial charge < -0.3 is 9.84 Å². The van der Waals surface area contributed by atoms with E-state index in [2.05, 4.69) is 4.98 Å². The number of hydrogen-bond donors (Lipinski definition) is 1. The van der Waals surface area contributed by atoms with Gasteiger partial charge >= 0.3 is 12.1 Å². The third kappa shape index (κ3) is 3.72. The third-order valence-electron chi connectivity index (χ3n) is 2.70. The van der Waals surface area contributed by atoms with Crippen LogP contribution in [0.5, 0.6) is 5.75 Å². The minimum atomic E-state index is -4.61. The van der Waals surface area contributed by atoms with Crippen molar-refractivity contribution in [2.45, 2.75) is 12.8 Å². The second kappa shape index (κ2) is 6.00. The van der Waals surface area contributed by atoms with Crippen LogP contribution in [-0.2, 0) is 12.8 Å². The quantitative estimate of drug-likeness (QED) is 0.877. The maximum Gasteiger partial charge on any atom is 0.416 e. The lowest BCUT2D eigenvalue weighted by atomic mass is 10.2. The van der Waals surface area contributed by atoms with E-state index >= 15 is 0 Å². The van der Waals surface area contributed by atoms with Gasteiger partial charge in [0.2, 0.25) is 0 Å². The number of nitrogens with zero attached hydrogens (tertiary/aromatic N) is 1. The number of carbonyl (C=O) groups is 1. The molecule has 0 amide bonds. The summed E-state index contributed by atoms with van der Waals surface area (Å²) in [7, 11) is 0. The molecule has 1 heterocycles. The molecule has 0 saturated carbocycles. The summed E-state index contributed by atoms with van der Waals surface area (Å²) in [6, 6.07) is 4.42. The number of aromatic nitrogens is 1. The summed E-state index contributed by atoms with van der Waals surface area (Å²) in [5.74, 6) is -2.77. The minimum absolute atomic E-state index is 0.245. The van der Waals surface area contributed by atoms with Gasteiger partial charge in [0.15, 0.2) is 11.6 Å². The third-order valence-corrected chi connectivity index (χ3v) is 2.70. The molecule has 1 N–H and O–H groups in total. The maximum absolute atomic E-state index is 13.5. The molecule has 0 spiro atoms. The van der Waals surface area contributed by atoms with Crippen molar-refractivity contribution in [1.29, 1.82) is 0 Å². The summed E-state index contributed by atoms with van der Waals surface area (Å²) in [4.78, 5) is 14.3. The predicted molar refractivity (Wildman–Crippen MR) is 66.9 cm³/mol. The first kappa shape index (κ1) is 15.7. The number of halogens is 4. The van der Waals surface area contributed by atoms with Crippen LogP contribution in [0.15, 0.2) is 36.5 Å². The van der Waals surface area contributed by atoms with Crippen LogP contribution >= 0.6 is 0 Å². The lowest BCUT2D eigenvalue weighted by Crippen LogP contribution is -2.07. The fourth-order valence-electron chi connectivity index (χ4n) is 1.63. The molecule has 0 aliphatic carbocycles. The molecule has 0 fully saturated rings. The van der Waals surface area contributed by atoms with Crippen molar-refractivity contribution in [3.63, 3.8) is 0 Å². The van der Waals surface area contributed by atoms with Crippen molar-refractivity contribution in [2.24, 2.45) is 0 Å². The lowest BCUT2D eigenvalue weighted by Gasteiger charge is -2.11. The first-order valence-corrected chi connectivity index (χ1v) is 5.95. The van der Waals surface area contributed by atoms with Crippen LogP contribution in [0.1, 0.15) is 21.6 Å². The molecule has 0 saturated heterocycles. The molecule has 0 aliphatic heterocycles. The number of pyridine rings is 1. The molecule has 4 nitrogen and oxygen atoms in total. The molecule has 0 bridgehead atoms. The van der Waals surface area contributed by atoms with E-state index in [0.29, 0.717) is 23.8 Å². The van der Waals surface area contributed by atoms with Crippen molar-refractivity contribution < 1.29 is 32.2 Å². The maximum atomic E-state index is 13.5. The van der Waals surface area contributed by atoms with Gasteiger partial charge in [-0.2, -0.15) is 13.2 Å². The molecule has 0 radical (unpaired) electrons. The van der Waals surface area contributed by atoms with Gasteiger partial charge in [-0.05, 0) is 35.9 Å². The van der Waals surface area contributed by atoms with Crippen molar-refractivity contribution in [3.8, 4) is 5.75 Å². The zero-order chi connectivity index (χ0) is 16.3.